The van der Waals surface area contributed by atoms with Crippen LogP contribution >= 0.6 is 0 Å². The number of anilines is 1. The fourth-order valence-electron chi connectivity index (χ4n) is 2.00. The van der Waals surface area contributed by atoms with E-state index in [1.807, 2.05) is 0 Å². The summed E-state index contributed by atoms with van der Waals surface area (Å²) < 4.78 is 22.7. The van der Waals surface area contributed by atoms with Crippen molar-refractivity contribution in [3.63, 3.8) is 0 Å². The van der Waals surface area contributed by atoms with Gasteiger partial charge in [0.15, 0.2) is 19.5 Å². The minimum Gasteiger partial charge on any atom is -0.481 e. The third-order valence-corrected chi connectivity index (χ3v) is 3.33. The van der Waals surface area contributed by atoms with Crippen LogP contribution in [0.2, 0.25) is 0 Å². The average Bonchev–Trinajstić information content (AvgIpc) is 2.71. The second kappa shape index (κ2) is 10.4. The molecule has 2 aromatic carbocycles. The maximum absolute atomic E-state index is 12.8. The van der Waals surface area contributed by atoms with Gasteiger partial charge in [0.1, 0.15) is 11.6 Å². The number of ether oxygens (including phenoxy) is 2. The van der Waals surface area contributed by atoms with Crippen LogP contribution in [0.4, 0.5) is 10.1 Å². The number of benzene rings is 2. The van der Waals surface area contributed by atoms with E-state index >= 15 is 0 Å². The number of hydrogen-bond donors (Lipinski definition) is 2. The SMILES string of the molecule is O=Cc1ccccc1OCC(=O)OCC(=O)NCC(=O)Nc1ccc(F)cc1. The number of aldehydes is 1. The molecule has 0 aliphatic carbocycles. The number of esters is 1. The predicted octanol–water partition coefficient (Wildman–Crippen LogP) is 1.32. The maximum atomic E-state index is 12.8. The van der Waals surface area contributed by atoms with E-state index in [1.165, 1.54) is 36.4 Å². The first-order valence-corrected chi connectivity index (χ1v) is 8.12. The van der Waals surface area contributed by atoms with Gasteiger partial charge in [0.25, 0.3) is 5.91 Å². The summed E-state index contributed by atoms with van der Waals surface area (Å²) in [5.74, 6) is -2.24. The lowest BCUT2D eigenvalue weighted by molar-refractivity contribution is -0.150. The molecule has 0 aromatic heterocycles. The van der Waals surface area contributed by atoms with Crippen LogP contribution in [0.25, 0.3) is 0 Å². The number of hydrogen-bond acceptors (Lipinski definition) is 6. The summed E-state index contributed by atoms with van der Waals surface area (Å²) >= 11 is 0. The third-order valence-electron chi connectivity index (χ3n) is 3.33. The zero-order valence-electron chi connectivity index (χ0n) is 14.6. The van der Waals surface area contributed by atoms with Gasteiger partial charge in [-0.25, -0.2) is 9.18 Å². The van der Waals surface area contributed by atoms with Crippen LogP contribution in [0.5, 0.6) is 5.75 Å². The fourth-order valence-corrected chi connectivity index (χ4v) is 2.00. The molecule has 9 heteroatoms. The van der Waals surface area contributed by atoms with E-state index in [-0.39, 0.29) is 17.9 Å². The largest absolute Gasteiger partial charge is 0.481 e. The molecule has 0 bridgehead atoms. The molecule has 0 aliphatic rings. The van der Waals surface area contributed by atoms with Crippen molar-refractivity contribution < 1.29 is 33.0 Å². The number of amides is 2. The van der Waals surface area contributed by atoms with Crippen LogP contribution in [0.15, 0.2) is 48.5 Å². The van der Waals surface area contributed by atoms with E-state index in [4.69, 9.17) is 9.47 Å². The van der Waals surface area contributed by atoms with Crippen molar-refractivity contribution in [2.75, 3.05) is 25.1 Å². The van der Waals surface area contributed by atoms with E-state index in [1.54, 1.807) is 12.1 Å². The molecule has 0 unspecified atom stereocenters. The van der Waals surface area contributed by atoms with Gasteiger partial charge in [-0.3, -0.25) is 14.4 Å². The van der Waals surface area contributed by atoms with Crippen molar-refractivity contribution in [3.05, 3.63) is 59.9 Å². The summed E-state index contributed by atoms with van der Waals surface area (Å²) in [5.41, 5.74) is 0.653. The Labute approximate surface area is 159 Å². The number of rotatable bonds is 9. The minimum absolute atomic E-state index is 0.219. The first kappa shape index (κ1) is 20.6. The Balaban J connectivity index is 1.66. The molecule has 0 saturated carbocycles. The molecule has 8 nitrogen and oxygen atoms in total. The highest BCUT2D eigenvalue weighted by Gasteiger charge is 2.11. The van der Waals surface area contributed by atoms with Crippen molar-refractivity contribution in [2.24, 2.45) is 0 Å². The second-order valence-corrected chi connectivity index (χ2v) is 5.44. The number of para-hydroxylation sites is 1. The van der Waals surface area contributed by atoms with Crippen molar-refractivity contribution in [1.82, 2.24) is 5.32 Å². The van der Waals surface area contributed by atoms with Gasteiger partial charge in [-0.05, 0) is 36.4 Å². The van der Waals surface area contributed by atoms with E-state index in [0.29, 0.717) is 12.0 Å². The van der Waals surface area contributed by atoms with Crippen molar-refractivity contribution >= 4 is 29.8 Å². The van der Waals surface area contributed by atoms with Crippen LogP contribution in [0.1, 0.15) is 10.4 Å². The molecule has 0 heterocycles. The first-order chi connectivity index (χ1) is 13.5. The van der Waals surface area contributed by atoms with Crippen LogP contribution in [0.3, 0.4) is 0 Å². The van der Waals surface area contributed by atoms with Crippen LogP contribution in [-0.4, -0.2) is 43.8 Å². The molecule has 0 fully saturated rings. The zero-order valence-corrected chi connectivity index (χ0v) is 14.6. The van der Waals surface area contributed by atoms with Gasteiger partial charge in [0.05, 0.1) is 12.1 Å². The molecular weight excluding hydrogens is 371 g/mol. The van der Waals surface area contributed by atoms with Gasteiger partial charge in [-0.1, -0.05) is 12.1 Å². The van der Waals surface area contributed by atoms with Crippen LogP contribution in [0, 0.1) is 5.82 Å². The van der Waals surface area contributed by atoms with Gasteiger partial charge in [0, 0.05) is 5.69 Å². The first-order valence-electron chi connectivity index (χ1n) is 8.12. The Morgan fingerprint density at radius 3 is 2.39 bits per heavy atom. The molecule has 0 aliphatic heterocycles. The molecule has 146 valence electrons. The topological polar surface area (TPSA) is 111 Å². The third kappa shape index (κ3) is 6.87. The standard InChI is InChI=1S/C19H17FN2O6/c20-14-5-7-15(8-6-14)22-17(24)9-21-18(25)11-28-19(26)12-27-16-4-2-1-3-13(16)10-23/h1-8,10H,9,11-12H2,(H,21,25)(H,22,24). The highest BCUT2D eigenvalue weighted by atomic mass is 19.1. The Morgan fingerprint density at radius 2 is 1.68 bits per heavy atom. The maximum Gasteiger partial charge on any atom is 0.344 e. The predicted molar refractivity (Wildman–Crippen MR) is 96.3 cm³/mol. The Hall–Kier alpha value is -3.75. The molecule has 2 amide bonds. The van der Waals surface area contributed by atoms with Gasteiger partial charge < -0.3 is 20.1 Å². The smallest absolute Gasteiger partial charge is 0.344 e. The Morgan fingerprint density at radius 1 is 0.964 bits per heavy atom. The van der Waals surface area contributed by atoms with E-state index < -0.39 is 36.8 Å². The highest BCUT2D eigenvalue weighted by molar-refractivity contribution is 5.94. The van der Waals surface area contributed by atoms with Crippen molar-refractivity contribution in [1.29, 1.82) is 0 Å². The van der Waals surface area contributed by atoms with E-state index in [2.05, 4.69) is 10.6 Å². The summed E-state index contributed by atoms with van der Waals surface area (Å²) in [5, 5.41) is 4.73. The normalized spacial score (nSPS) is 9.89. The number of carbonyl (C=O) groups is 4. The monoisotopic (exact) mass is 388 g/mol. The molecule has 0 radical (unpaired) electrons. The molecule has 2 N–H and O–H groups in total. The molecule has 2 aromatic rings. The lowest BCUT2D eigenvalue weighted by atomic mass is 10.2. The number of nitrogens with one attached hydrogen (secondary N) is 2. The van der Waals surface area contributed by atoms with Crippen molar-refractivity contribution in [3.8, 4) is 5.75 Å². The fraction of sp³-hybridized carbons (Fsp3) is 0.158. The number of carbonyl (C=O) groups excluding carboxylic acids is 4. The average molecular weight is 388 g/mol. The van der Waals surface area contributed by atoms with Gasteiger partial charge in [0.2, 0.25) is 5.91 Å². The molecule has 28 heavy (non-hydrogen) atoms. The van der Waals surface area contributed by atoms with Gasteiger partial charge >= 0.3 is 5.97 Å². The Bertz CT molecular complexity index is 854. The number of halogens is 1. The van der Waals surface area contributed by atoms with Crippen LogP contribution < -0.4 is 15.4 Å². The van der Waals surface area contributed by atoms with Crippen LogP contribution in [-0.2, 0) is 19.1 Å². The Kier molecular flexibility index (Phi) is 7.64. The summed E-state index contributed by atoms with van der Waals surface area (Å²) in [6.45, 7) is -1.43. The van der Waals surface area contributed by atoms with E-state index in [9.17, 15) is 23.6 Å². The van der Waals surface area contributed by atoms with E-state index in [0.717, 1.165) is 0 Å². The van der Waals surface area contributed by atoms with Crippen molar-refractivity contribution in [2.45, 2.75) is 0 Å². The summed E-state index contributed by atoms with van der Waals surface area (Å²) in [7, 11) is 0. The van der Waals surface area contributed by atoms with Gasteiger partial charge in [-0.2, -0.15) is 0 Å². The summed E-state index contributed by atoms with van der Waals surface area (Å²) in [6.07, 6.45) is 0.588. The molecule has 2 rings (SSSR count). The highest BCUT2D eigenvalue weighted by Crippen LogP contribution is 2.15. The lowest BCUT2D eigenvalue weighted by Gasteiger charge is -2.09. The van der Waals surface area contributed by atoms with Gasteiger partial charge in [-0.15, -0.1) is 0 Å². The molecule has 0 saturated heterocycles. The quantitative estimate of drug-likeness (QED) is 0.495. The summed E-state index contributed by atoms with van der Waals surface area (Å²) in [4.78, 5) is 45.8. The zero-order chi connectivity index (χ0) is 20.4. The minimum atomic E-state index is -0.813. The second-order valence-electron chi connectivity index (χ2n) is 5.44. The summed E-state index contributed by atoms with van der Waals surface area (Å²) in [6, 6.07) is 11.4. The lowest BCUT2D eigenvalue weighted by Crippen LogP contribution is -2.36. The molecular formula is C19H17FN2O6. The molecule has 0 atom stereocenters. The molecule has 0 spiro atoms.